The first-order valence-electron chi connectivity index (χ1n) is 12.4. The molecule has 1 aliphatic rings. The minimum atomic E-state index is -1.11. The number of hydrogen-bond acceptors (Lipinski definition) is 6. The molecule has 1 saturated carbocycles. The summed E-state index contributed by atoms with van der Waals surface area (Å²) in [6, 6.07) is 7.83. The Morgan fingerprint density at radius 2 is 1.69 bits per heavy atom. The van der Waals surface area contributed by atoms with Gasteiger partial charge < -0.3 is 15.1 Å². The van der Waals surface area contributed by atoms with Crippen LogP contribution in [0, 0.1) is 11.8 Å². The van der Waals surface area contributed by atoms with Gasteiger partial charge in [-0.2, -0.15) is 4.68 Å². The van der Waals surface area contributed by atoms with Crippen molar-refractivity contribution in [2.75, 3.05) is 0 Å². The number of Topliss-reactive ketones (excluding diaryl/α,β-unsaturated/α-hetero) is 1. The standard InChI is InChI=1S/C26H36N4O5/c1-17(2)15-20(21(31)23-29-30(16-18(3)4)25(34)35-23)27-24(33)26(13-9-6-10-14-26)28-22(32)19-11-7-5-8-12-19/h5,7-8,11-12,17-18,20H,6,9-10,13-16H2,1-4H3,(H,27,33)(H,28,32)/t20-/m0/s1. The predicted octanol–water partition coefficient (Wildman–Crippen LogP) is 3.34. The fourth-order valence-corrected chi connectivity index (χ4v) is 4.46. The van der Waals surface area contributed by atoms with Gasteiger partial charge in [0.25, 0.3) is 11.8 Å². The van der Waals surface area contributed by atoms with Crippen LogP contribution in [-0.4, -0.2) is 39.0 Å². The summed E-state index contributed by atoms with van der Waals surface area (Å²) in [6.45, 7) is 8.06. The molecule has 190 valence electrons. The van der Waals surface area contributed by atoms with E-state index in [-0.39, 0.29) is 23.6 Å². The summed E-state index contributed by atoms with van der Waals surface area (Å²) in [6.07, 6.45) is 3.87. The molecule has 1 fully saturated rings. The number of benzene rings is 1. The molecule has 0 spiro atoms. The van der Waals surface area contributed by atoms with Gasteiger partial charge in [0.15, 0.2) is 0 Å². The van der Waals surface area contributed by atoms with Crippen LogP contribution in [0.4, 0.5) is 0 Å². The van der Waals surface area contributed by atoms with Crippen LogP contribution in [-0.2, 0) is 11.3 Å². The second-order valence-electron chi connectivity index (χ2n) is 10.2. The molecule has 0 aliphatic heterocycles. The maximum atomic E-state index is 13.6. The van der Waals surface area contributed by atoms with Crippen LogP contribution in [0.5, 0.6) is 0 Å². The van der Waals surface area contributed by atoms with E-state index in [1.54, 1.807) is 24.3 Å². The Labute approximate surface area is 205 Å². The number of rotatable bonds is 10. The van der Waals surface area contributed by atoms with Gasteiger partial charge in [-0.15, -0.1) is 5.10 Å². The number of carbonyl (C=O) groups is 3. The Bertz CT molecular complexity index is 1080. The van der Waals surface area contributed by atoms with Crippen molar-refractivity contribution in [3.05, 3.63) is 52.3 Å². The third kappa shape index (κ3) is 6.68. The van der Waals surface area contributed by atoms with Gasteiger partial charge >= 0.3 is 5.76 Å². The molecule has 2 aromatic rings. The second-order valence-corrected chi connectivity index (χ2v) is 10.2. The number of aromatic nitrogens is 2. The first-order chi connectivity index (χ1) is 16.6. The predicted molar refractivity (Wildman–Crippen MR) is 131 cm³/mol. The Morgan fingerprint density at radius 3 is 2.29 bits per heavy atom. The molecule has 0 radical (unpaired) electrons. The highest BCUT2D eigenvalue weighted by Gasteiger charge is 2.43. The number of nitrogens with one attached hydrogen (secondary N) is 2. The smallest absolute Gasteiger partial charge is 0.384 e. The van der Waals surface area contributed by atoms with E-state index < -0.39 is 29.0 Å². The minimum absolute atomic E-state index is 0.0786. The average Bonchev–Trinajstić information content (AvgIpc) is 3.18. The van der Waals surface area contributed by atoms with E-state index in [0.717, 1.165) is 23.9 Å². The Kier molecular flexibility index (Phi) is 8.64. The van der Waals surface area contributed by atoms with E-state index in [2.05, 4.69) is 15.7 Å². The quantitative estimate of drug-likeness (QED) is 0.499. The number of ketones is 1. The van der Waals surface area contributed by atoms with Gasteiger partial charge in [0.1, 0.15) is 5.54 Å². The topological polar surface area (TPSA) is 123 Å². The molecule has 1 aromatic heterocycles. The molecule has 2 amide bonds. The largest absolute Gasteiger partial charge is 0.437 e. The molecule has 3 rings (SSSR count). The van der Waals surface area contributed by atoms with Crippen molar-refractivity contribution in [2.45, 2.75) is 84.3 Å². The average molecular weight is 485 g/mol. The van der Waals surface area contributed by atoms with Gasteiger partial charge in [0.2, 0.25) is 11.7 Å². The molecule has 9 nitrogen and oxygen atoms in total. The monoisotopic (exact) mass is 484 g/mol. The van der Waals surface area contributed by atoms with Gasteiger partial charge in [0.05, 0.1) is 12.6 Å². The lowest BCUT2D eigenvalue weighted by Crippen LogP contribution is -2.62. The molecular weight excluding hydrogens is 448 g/mol. The van der Waals surface area contributed by atoms with Gasteiger partial charge in [0, 0.05) is 5.56 Å². The summed E-state index contributed by atoms with van der Waals surface area (Å²) < 4.78 is 6.27. The van der Waals surface area contributed by atoms with E-state index in [1.165, 1.54) is 0 Å². The first-order valence-corrected chi connectivity index (χ1v) is 12.4. The SMILES string of the molecule is CC(C)C[C@H](NC(=O)C1(NC(=O)c2ccccc2)CCCCC1)C(=O)c1nn(CC(C)C)c(=O)o1. The molecule has 1 aromatic carbocycles. The third-order valence-corrected chi connectivity index (χ3v) is 6.21. The lowest BCUT2D eigenvalue weighted by molar-refractivity contribution is -0.129. The molecule has 0 unspecified atom stereocenters. The molecule has 1 aliphatic carbocycles. The fraction of sp³-hybridized carbons (Fsp3) is 0.577. The molecule has 1 atom stereocenters. The van der Waals surface area contributed by atoms with Crippen molar-refractivity contribution in [1.29, 1.82) is 0 Å². The van der Waals surface area contributed by atoms with Crippen LogP contribution in [0.1, 0.15) is 87.3 Å². The highest BCUT2D eigenvalue weighted by atomic mass is 16.4. The van der Waals surface area contributed by atoms with E-state index in [4.69, 9.17) is 4.42 Å². The van der Waals surface area contributed by atoms with Crippen molar-refractivity contribution >= 4 is 17.6 Å². The maximum absolute atomic E-state index is 13.6. The molecule has 0 saturated heterocycles. The summed E-state index contributed by atoms with van der Waals surface area (Å²) in [7, 11) is 0. The zero-order valence-electron chi connectivity index (χ0n) is 21.0. The van der Waals surface area contributed by atoms with Crippen LogP contribution < -0.4 is 16.4 Å². The number of nitrogens with zero attached hydrogens (tertiary/aromatic N) is 2. The normalized spacial score (nSPS) is 16.2. The number of carbonyl (C=O) groups excluding carboxylic acids is 3. The molecule has 9 heteroatoms. The van der Waals surface area contributed by atoms with Crippen LogP contribution in [0.25, 0.3) is 0 Å². The van der Waals surface area contributed by atoms with E-state index in [9.17, 15) is 19.2 Å². The van der Waals surface area contributed by atoms with Crippen molar-refractivity contribution in [2.24, 2.45) is 11.8 Å². The van der Waals surface area contributed by atoms with Gasteiger partial charge in [-0.3, -0.25) is 14.4 Å². The van der Waals surface area contributed by atoms with Gasteiger partial charge in [-0.1, -0.05) is 65.2 Å². The first kappa shape index (κ1) is 26.4. The van der Waals surface area contributed by atoms with Gasteiger partial charge in [-0.25, -0.2) is 4.79 Å². The van der Waals surface area contributed by atoms with Crippen molar-refractivity contribution in [1.82, 2.24) is 20.4 Å². The third-order valence-electron chi connectivity index (χ3n) is 6.21. The summed E-state index contributed by atoms with van der Waals surface area (Å²) in [4.78, 5) is 52.0. The molecule has 35 heavy (non-hydrogen) atoms. The van der Waals surface area contributed by atoms with Crippen LogP contribution in [0.2, 0.25) is 0 Å². The highest BCUT2D eigenvalue weighted by Crippen LogP contribution is 2.29. The molecule has 2 N–H and O–H groups in total. The summed E-state index contributed by atoms with van der Waals surface area (Å²) >= 11 is 0. The van der Waals surface area contributed by atoms with Gasteiger partial charge in [-0.05, 0) is 43.2 Å². The van der Waals surface area contributed by atoms with Crippen LogP contribution in [0.3, 0.4) is 0 Å². The van der Waals surface area contributed by atoms with Crippen molar-refractivity contribution in [3.8, 4) is 0 Å². The zero-order valence-corrected chi connectivity index (χ0v) is 21.0. The molecule has 1 heterocycles. The lowest BCUT2D eigenvalue weighted by atomic mass is 9.80. The second kappa shape index (κ2) is 11.5. The van der Waals surface area contributed by atoms with E-state index in [1.807, 2.05) is 33.8 Å². The minimum Gasteiger partial charge on any atom is -0.384 e. The Morgan fingerprint density at radius 1 is 1.03 bits per heavy atom. The fourth-order valence-electron chi connectivity index (χ4n) is 4.46. The highest BCUT2D eigenvalue weighted by molar-refractivity contribution is 6.02. The van der Waals surface area contributed by atoms with Crippen LogP contribution >= 0.6 is 0 Å². The molecular formula is C26H36N4O5. The van der Waals surface area contributed by atoms with Crippen molar-refractivity contribution < 1.29 is 18.8 Å². The van der Waals surface area contributed by atoms with E-state index >= 15 is 0 Å². The maximum Gasteiger partial charge on any atom is 0.437 e. The van der Waals surface area contributed by atoms with E-state index in [0.29, 0.717) is 31.4 Å². The summed E-state index contributed by atoms with van der Waals surface area (Å²) in [5, 5.41) is 9.90. The Balaban J connectivity index is 1.84. The van der Waals surface area contributed by atoms with Crippen LogP contribution in [0.15, 0.2) is 39.5 Å². The number of amides is 2. The molecule has 0 bridgehead atoms. The summed E-state index contributed by atoms with van der Waals surface area (Å²) in [5.41, 5.74) is -0.643. The zero-order chi connectivity index (χ0) is 25.6. The Hall–Kier alpha value is -3.23. The summed E-state index contributed by atoms with van der Waals surface area (Å²) in [5.74, 6) is -2.06. The number of hydrogen-bond donors (Lipinski definition) is 2. The van der Waals surface area contributed by atoms with Crippen molar-refractivity contribution in [3.63, 3.8) is 0 Å². The lowest BCUT2D eigenvalue weighted by Gasteiger charge is -2.37.